The molecule has 1 amide bonds. The molecule has 1 aliphatic rings. The van der Waals surface area contributed by atoms with E-state index in [1.54, 1.807) is 6.20 Å². The van der Waals surface area contributed by atoms with Crippen molar-refractivity contribution in [3.8, 4) is 0 Å². The van der Waals surface area contributed by atoms with Crippen LogP contribution in [0.2, 0.25) is 0 Å². The van der Waals surface area contributed by atoms with Crippen LogP contribution in [0, 0.1) is 0 Å². The van der Waals surface area contributed by atoms with E-state index >= 15 is 0 Å². The van der Waals surface area contributed by atoms with E-state index in [9.17, 15) is 4.79 Å². The molecule has 2 heterocycles. The first-order chi connectivity index (χ1) is 14.2. The number of rotatable bonds is 5. The van der Waals surface area contributed by atoms with E-state index in [0.717, 1.165) is 44.1 Å². The number of anilines is 3. The minimum atomic E-state index is -0.137. The molecule has 2 aromatic carbocycles. The third-order valence-corrected chi connectivity index (χ3v) is 5.36. The number of carbonyl (C=O) groups excluding carboxylic acids is 1. The van der Waals surface area contributed by atoms with Gasteiger partial charge in [0.2, 0.25) is 0 Å². The average Bonchev–Trinajstić information content (AvgIpc) is 2.80. The minimum absolute atomic E-state index is 0.137. The van der Waals surface area contributed by atoms with E-state index in [4.69, 9.17) is 0 Å². The Labute approximate surface area is 172 Å². The summed E-state index contributed by atoms with van der Waals surface area (Å²) in [4.78, 5) is 21.7. The van der Waals surface area contributed by atoms with Crippen molar-refractivity contribution < 1.29 is 4.79 Å². The summed E-state index contributed by atoms with van der Waals surface area (Å²) >= 11 is 0. The molecule has 148 valence electrons. The molecule has 0 aliphatic carbocycles. The molecule has 29 heavy (non-hydrogen) atoms. The highest BCUT2D eigenvalue weighted by atomic mass is 16.1. The minimum Gasteiger partial charge on any atom is -0.368 e. The fourth-order valence-corrected chi connectivity index (χ4v) is 3.57. The van der Waals surface area contributed by atoms with Gasteiger partial charge in [0.25, 0.3) is 5.91 Å². The van der Waals surface area contributed by atoms with Crippen LogP contribution in [0.4, 0.5) is 17.2 Å². The van der Waals surface area contributed by atoms with Crippen molar-refractivity contribution in [1.29, 1.82) is 0 Å². The van der Waals surface area contributed by atoms with E-state index in [1.807, 2.05) is 42.5 Å². The Morgan fingerprint density at radius 2 is 1.59 bits per heavy atom. The summed E-state index contributed by atoms with van der Waals surface area (Å²) in [7, 11) is 0. The van der Waals surface area contributed by atoms with Gasteiger partial charge in [-0.1, -0.05) is 37.3 Å². The molecule has 0 atom stereocenters. The fraction of sp³-hybridized carbons (Fsp3) is 0.250. The highest BCUT2D eigenvalue weighted by Gasteiger charge is 2.18. The number of pyridine rings is 1. The van der Waals surface area contributed by atoms with Gasteiger partial charge in [-0.15, -0.1) is 0 Å². The Balaban J connectivity index is 1.34. The zero-order valence-electron chi connectivity index (χ0n) is 16.7. The highest BCUT2D eigenvalue weighted by molar-refractivity contribution is 6.04. The number of hydrogen-bond donors (Lipinski definition) is 1. The van der Waals surface area contributed by atoms with Crippen molar-refractivity contribution in [3.05, 3.63) is 84.1 Å². The SMILES string of the molecule is CCc1ccc(NC(=O)c2ccc(N3CCN(c4ccccc4)CC3)nc2)cc1. The second kappa shape index (κ2) is 8.78. The smallest absolute Gasteiger partial charge is 0.257 e. The predicted octanol–water partition coefficient (Wildman–Crippen LogP) is 4.22. The first kappa shape index (κ1) is 19.0. The fourth-order valence-electron chi connectivity index (χ4n) is 3.57. The molecule has 0 spiro atoms. The van der Waals surface area contributed by atoms with Crippen LogP contribution in [0.5, 0.6) is 0 Å². The first-order valence-electron chi connectivity index (χ1n) is 10.1. The van der Waals surface area contributed by atoms with Crippen molar-refractivity contribution in [2.75, 3.05) is 41.3 Å². The van der Waals surface area contributed by atoms with Crippen LogP contribution in [0.1, 0.15) is 22.8 Å². The topological polar surface area (TPSA) is 48.5 Å². The number of benzene rings is 2. The number of hydrogen-bond acceptors (Lipinski definition) is 4. The molecule has 0 bridgehead atoms. The second-order valence-corrected chi connectivity index (χ2v) is 7.22. The molecule has 1 fully saturated rings. The zero-order valence-corrected chi connectivity index (χ0v) is 16.7. The first-order valence-corrected chi connectivity index (χ1v) is 10.1. The molecule has 5 heteroatoms. The van der Waals surface area contributed by atoms with Gasteiger partial charge in [0, 0.05) is 43.8 Å². The van der Waals surface area contributed by atoms with Crippen LogP contribution in [0.15, 0.2) is 72.9 Å². The molecule has 4 rings (SSSR count). The summed E-state index contributed by atoms with van der Waals surface area (Å²) in [5.74, 6) is 0.781. The molecule has 1 aliphatic heterocycles. The Kier molecular flexibility index (Phi) is 5.75. The van der Waals surface area contributed by atoms with Crippen LogP contribution in [-0.4, -0.2) is 37.1 Å². The third-order valence-electron chi connectivity index (χ3n) is 5.36. The summed E-state index contributed by atoms with van der Waals surface area (Å²) < 4.78 is 0. The van der Waals surface area contributed by atoms with Crippen LogP contribution in [0.3, 0.4) is 0 Å². The zero-order chi connectivity index (χ0) is 20.1. The van der Waals surface area contributed by atoms with Gasteiger partial charge < -0.3 is 15.1 Å². The maximum Gasteiger partial charge on any atom is 0.257 e. The summed E-state index contributed by atoms with van der Waals surface area (Å²) in [5.41, 5.74) is 3.88. The molecular weight excluding hydrogens is 360 g/mol. The maximum atomic E-state index is 12.5. The van der Waals surface area contributed by atoms with Crippen LogP contribution in [-0.2, 0) is 6.42 Å². The summed E-state index contributed by atoms with van der Waals surface area (Å²) in [5, 5.41) is 2.93. The van der Waals surface area contributed by atoms with E-state index in [-0.39, 0.29) is 5.91 Å². The van der Waals surface area contributed by atoms with Gasteiger partial charge in [-0.3, -0.25) is 4.79 Å². The van der Waals surface area contributed by atoms with Crippen molar-refractivity contribution in [1.82, 2.24) is 4.98 Å². The number of carbonyl (C=O) groups is 1. The molecule has 1 saturated heterocycles. The van der Waals surface area contributed by atoms with Crippen molar-refractivity contribution >= 4 is 23.1 Å². The lowest BCUT2D eigenvalue weighted by Gasteiger charge is -2.36. The summed E-state index contributed by atoms with van der Waals surface area (Å²) in [6, 6.07) is 22.2. The molecule has 0 unspecified atom stereocenters. The van der Waals surface area contributed by atoms with Crippen molar-refractivity contribution in [2.24, 2.45) is 0 Å². The number of para-hydroxylation sites is 1. The molecule has 3 aromatic rings. The lowest BCUT2D eigenvalue weighted by atomic mass is 10.1. The van der Waals surface area contributed by atoms with E-state index in [2.05, 4.69) is 51.3 Å². The number of piperazine rings is 1. The molecule has 0 radical (unpaired) electrons. The Morgan fingerprint density at radius 1 is 0.897 bits per heavy atom. The molecular formula is C24H26N4O. The second-order valence-electron chi connectivity index (χ2n) is 7.22. The van der Waals surface area contributed by atoms with Crippen LogP contribution in [0.25, 0.3) is 0 Å². The predicted molar refractivity (Wildman–Crippen MR) is 119 cm³/mol. The normalized spacial score (nSPS) is 14.0. The van der Waals surface area contributed by atoms with Gasteiger partial charge >= 0.3 is 0 Å². The monoisotopic (exact) mass is 386 g/mol. The van der Waals surface area contributed by atoms with Gasteiger partial charge in [0.1, 0.15) is 5.82 Å². The number of amides is 1. The van der Waals surface area contributed by atoms with Gasteiger partial charge in [0.05, 0.1) is 5.56 Å². The third kappa shape index (κ3) is 4.57. The standard InChI is InChI=1S/C24H26N4O/c1-2-19-8-11-21(12-9-19)26-24(29)20-10-13-23(25-18-20)28-16-14-27(15-17-28)22-6-4-3-5-7-22/h3-13,18H,2,14-17H2,1H3,(H,26,29). The molecule has 5 nitrogen and oxygen atoms in total. The number of aromatic nitrogens is 1. The summed E-state index contributed by atoms with van der Waals surface area (Å²) in [6.07, 6.45) is 2.65. The number of aryl methyl sites for hydroxylation is 1. The number of nitrogens with zero attached hydrogens (tertiary/aromatic N) is 3. The Hall–Kier alpha value is -3.34. The van der Waals surface area contributed by atoms with Crippen LogP contribution < -0.4 is 15.1 Å². The molecule has 1 N–H and O–H groups in total. The lowest BCUT2D eigenvalue weighted by molar-refractivity contribution is 0.102. The molecule has 0 saturated carbocycles. The van der Waals surface area contributed by atoms with Crippen molar-refractivity contribution in [3.63, 3.8) is 0 Å². The highest BCUT2D eigenvalue weighted by Crippen LogP contribution is 2.19. The van der Waals surface area contributed by atoms with E-state index in [0.29, 0.717) is 5.56 Å². The van der Waals surface area contributed by atoms with Gasteiger partial charge in [-0.2, -0.15) is 0 Å². The van der Waals surface area contributed by atoms with Gasteiger partial charge in [-0.25, -0.2) is 4.98 Å². The van der Waals surface area contributed by atoms with E-state index < -0.39 is 0 Å². The maximum absolute atomic E-state index is 12.5. The van der Waals surface area contributed by atoms with Crippen LogP contribution >= 0.6 is 0 Å². The van der Waals surface area contributed by atoms with E-state index in [1.165, 1.54) is 11.3 Å². The van der Waals surface area contributed by atoms with Gasteiger partial charge in [-0.05, 0) is 48.4 Å². The average molecular weight is 386 g/mol. The lowest BCUT2D eigenvalue weighted by Crippen LogP contribution is -2.46. The van der Waals surface area contributed by atoms with Gasteiger partial charge in [0.15, 0.2) is 0 Å². The van der Waals surface area contributed by atoms with Crippen molar-refractivity contribution in [2.45, 2.75) is 13.3 Å². The largest absolute Gasteiger partial charge is 0.368 e. The summed E-state index contributed by atoms with van der Waals surface area (Å²) in [6.45, 7) is 5.86. The Morgan fingerprint density at radius 3 is 2.21 bits per heavy atom. The quantitative estimate of drug-likeness (QED) is 0.713. The number of nitrogens with one attached hydrogen (secondary N) is 1. The Bertz CT molecular complexity index is 931. The molecule has 1 aromatic heterocycles.